The predicted octanol–water partition coefficient (Wildman–Crippen LogP) is 1.12. The molecular weight excluding hydrogens is 181 g/mol. The van der Waals surface area contributed by atoms with E-state index in [4.69, 9.17) is 0 Å². The third kappa shape index (κ3) is 5.52. The average molecular weight is 205 g/mol. The van der Waals surface area contributed by atoms with Gasteiger partial charge in [0.2, 0.25) is 0 Å². The lowest BCUT2D eigenvalue weighted by Crippen LogP contribution is -2.42. The summed E-state index contributed by atoms with van der Waals surface area (Å²) >= 11 is 0. The summed E-state index contributed by atoms with van der Waals surface area (Å²) < 4.78 is 12.3. The molecule has 0 saturated heterocycles. The number of hydrazine groups is 1. The highest BCUT2D eigenvalue weighted by Gasteiger charge is 2.13. The summed E-state index contributed by atoms with van der Waals surface area (Å²) in [5, 5.41) is 1.99. The number of alkyl halides is 1. The molecular formula is C10H24FN3. The molecule has 0 saturated carbocycles. The van der Waals surface area contributed by atoms with Crippen LogP contribution < -0.4 is 5.43 Å². The summed E-state index contributed by atoms with van der Waals surface area (Å²) in [5.41, 5.74) is 3.04. The van der Waals surface area contributed by atoms with Gasteiger partial charge < -0.3 is 4.90 Å². The molecule has 3 nitrogen and oxygen atoms in total. The van der Waals surface area contributed by atoms with Gasteiger partial charge in [-0.2, -0.15) is 0 Å². The van der Waals surface area contributed by atoms with Gasteiger partial charge in [-0.15, -0.1) is 0 Å². The molecule has 0 aromatic rings. The molecule has 0 aliphatic carbocycles. The first kappa shape index (κ1) is 13.8. The van der Waals surface area contributed by atoms with E-state index in [2.05, 4.69) is 24.3 Å². The maximum atomic E-state index is 12.3. The Morgan fingerprint density at radius 2 is 1.93 bits per heavy atom. The van der Waals surface area contributed by atoms with E-state index in [0.29, 0.717) is 12.5 Å². The van der Waals surface area contributed by atoms with Gasteiger partial charge in [0.1, 0.15) is 0 Å². The Morgan fingerprint density at radius 3 is 2.36 bits per heavy atom. The average Bonchev–Trinajstić information content (AvgIpc) is 2.22. The Labute approximate surface area is 87.2 Å². The summed E-state index contributed by atoms with van der Waals surface area (Å²) in [6.07, 6.45) is 1.61. The van der Waals surface area contributed by atoms with Gasteiger partial charge in [-0.1, -0.05) is 6.92 Å². The largest absolute Gasteiger partial charge is 0.307 e. The Hall–Kier alpha value is -0.190. The molecule has 0 aromatic carbocycles. The third-order valence-corrected chi connectivity index (χ3v) is 2.73. The molecule has 1 unspecified atom stereocenters. The minimum atomic E-state index is -0.244. The van der Waals surface area contributed by atoms with Crippen molar-refractivity contribution in [1.29, 1.82) is 0 Å². The SMILES string of the molecule is CCN(C)CCC(CCF)N(C)NC. The number of rotatable bonds is 8. The standard InChI is InChI=1S/C10H24FN3/c1-5-13(3)9-7-10(6-8-11)14(4)12-2/h10,12H,5-9H2,1-4H3. The van der Waals surface area contributed by atoms with Crippen LogP contribution >= 0.6 is 0 Å². The molecule has 0 fully saturated rings. The molecule has 0 aliphatic heterocycles. The van der Waals surface area contributed by atoms with Gasteiger partial charge >= 0.3 is 0 Å². The molecule has 4 heteroatoms. The highest BCUT2D eigenvalue weighted by Crippen LogP contribution is 2.05. The zero-order valence-electron chi connectivity index (χ0n) is 9.89. The van der Waals surface area contributed by atoms with Crippen molar-refractivity contribution in [3.63, 3.8) is 0 Å². The second kappa shape index (κ2) is 8.15. The number of hydrogen-bond acceptors (Lipinski definition) is 3. The van der Waals surface area contributed by atoms with E-state index < -0.39 is 0 Å². The summed E-state index contributed by atoms with van der Waals surface area (Å²) in [7, 11) is 5.92. The molecule has 0 spiro atoms. The van der Waals surface area contributed by atoms with E-state index in [-0.39, 0.29) is 6.67 Å². The lowest BCUT2D eigenvalue weighted by atomic mass is 10.1. The molecule has 0 heterocycles. The van der Waals surface area contributed by atoms with E-state index in [9.17, 15) is 4.39 Å². The van der Waals surface area contributed by atoms with E-state index in [1.807, 2.05) is 19.1 Å². The molecule has 0 bridgehead atoms. The van der Waals surface area contributed by atoms with E-state index in [1.54, 1.807) is 0 Å². The van der Waals surface area contributed by atoms with Crippen molar-refractivity contribution in [3.8, 4) is 0 Å². The summed E-state index contributed by atoms with van der Waals surface area (Å²) in [4.78, 5) is 2.24. The van der Waals surface area contributed by atoms with Gasteiger partial charge in [-0.25, -0.2) is 5.01 Å². The number of nitrogens with zero attached hydrogens (tertiary/aromatic N) is 2. The van der Waals surface area contributed by atoms with Crippen LogP contribution in [0.2, 0.25) is 0 Å². The molecule has 0 aromatic heterocycles. The van der Waals surface area contributed by atoms with Crippen LogP contribution in [0.15, 0.2) is 0 Å². The van der Waals surface area contributed by atoms with Crippen molar-refractivity contribution in [3.05, 3.63) is 0 Å². The molecule has 0 rings (SSSR count). The fraction of sp³-hybridized carbons (Fsp3) is 1.00. The van der Waals surface area contributed by atoms with E-state index >= 15 is 0 Å². The lowest BCUT2D eigenvalue weighted by Gasteiger charge is -2.28. The minimum Gasteiger partial charge on any atom is -0.307 e. The molecule has 14 heavy (non-hydrogen) atoms. The van der Waals surface area contributed by atoms with Gasteiger partial charge in [0.15, 0.2) is 0 Å². The number of hydrogen-bond donors (Lipinski definition) is 1. The normalized spacial score (nSPS) is 13.9. The summed E-state index contributed by atoms with van der Waals surface area (Å²) in [6, 6.07) is 0.291. The predicted molar refractivity (Wildman–Crippen MR) is 59.0 cm³/mol. The van der Waals surface area contributed by atoms with Gasteiger partial charge in [0, 0.05) is 13.1 Å². The van der Waals surface area contributed by atoms with Gasteiger partial charge in [0.25, 0.3) is 0 Å². The van der Waals surface area contributed by atoms with Gasteiger partial charge in [-0.3, -0.25) is 9.82 Å². The Balaban J connectivity index is 3.83. The van der Waals surface area contributed by atoms with Crippen LogP contribution in [0.1, 0.15) is 19.8 Å². The Morgan fingerprint density at radius 1 is 1.29 bits per heavy atom. The molecule has 1 atom stereocenters. The van der Waals surface area contributed by atoms with Gasteiger partial charge in [-0.05, 0) is 40.0 Å². The Kier molecular flexibility index (Phi) is 8.04. The number of nitrogens with one attached hydrogen (secondary N) is 1. The lowest BCUT2D eigenvalue weighted by molar-refractivity contribution is 0.142. The maximum absolute atomic E-state index is 12.3. The van der Waals surface area contributed by atoms with Crippen LogP contribution in [0.4, 0.5) is 4.39 Å². The minimum absolute atomic E-state index is 0.244. The van der Waals surface area contributed by atoms with Crippen LogP contribution in [0, 0.1) is 0 Å². The molecule has 0 radical (unpaired) electrons. The van der Waals surface area contributed by atoms with Crippen LogP contribution in [-0.2, 0) is 0 Å². The first-order valence-corrected chi connectivity index (χ1v) is 5.30. The summed E-state index contributed by atoms with van der Waals surface area (Å²) in [5.74, 6) is 0. The smallest absolute Gasteiger partial charge is 0.0909 e. The second-order valence-corrected chi connectivity index (χ2v) is 3.65. The van der Waals surface area contributed by atoms with Crippen LogP contribution in [0.5, 0.6) is 0 Å². The molecule has 0 aliphatic rings. The highest BCUT2D eigenvalue weighted by atomic mass is 19.1. The van der Waals surface area contributed by atoms with E-state index in [0.717, 1.165) is 19.5 Å². The summed E-state index contributed by atoms with van der Waals surface area (Å²) in [6.45, 7) is 3.96. The van der Waals surface area contributed by atoms with Crippen molar-refractivity contribution in [2.45, 2.75) is 25.8 Å². The zero-order valence-corrected chi connectivity index (χ0v) is 9.89. The fourth-order valence-electron chi connectivity index (χ4n) is 1.37. The monoisotopic (exact) mass is 205 g/mol. The van der Waals surface area contributed by atoms with Crippen molar-refractivity contribution >= 4 is 0 Å². The first-order chi connectivity index (χ1) is 6.65. The number of halogens is 1. The fourth-order valence-corrected chi connectivity index (χ4v) is 1.37. The zero-order chi connectivity index (χ0) is 11.0. The maximum Gasteiger partial charge on any atom is 0.0909 e. The molecule has 0 amide bonds. The first-order valence-electron chi connectivity index (χ1n) is 5.30. The van der Waals surface area contributed by atoms with Crippen LogP contribution in [0.25, 0.3) is 0 Å². The quantitative estimate of drug-likeness (QED) is 0.599. The van der Waals surface area contributed by atoms with Crippen molar-refractivity contribution in [2.75, 3.05) is 40.9 Å². The van der Waals surface area contributed by atoms with Crippen molar-refractivity contribution in [2.24, 2.45) is 0 Å². The second-order valence-electron chi connectivity index (χ2n) is 3.65. The van der Waals surface area contributed by atoms with Crippen molar-refractivity contribution in [1.82, 2.24) is 15.3 Å². The molecule has 1 N–H and O–H groups in total. The van der Waals surface area contributed by atoms with Crippen LogP contribution in [-0.4, -0.2) is 56.9 Å². The topological polar surface area (TPSA) is 18.5 Å². The third-order valence-electron chi connectivity index (χ3n) is 2.73. The Bertz CT molecular complexity index is 133. The highest BCUT2D eigenvalue weighted by molar-refractivity contribution is 4.67. The van der Waals surface area contributed by atoms with Crippen molar-refractivity contribution < 1.29 is 4.39 Å². The van der Waals surface area contributed by atoms with E-state index in [1.165, 1.54) is 0 Å². The van der Waals surface area contributed by atoms with Gasteiger partial charge in [0.05, 0.1) is 6.67 Å². The van der Waals surface area contributed by atoms with Crippen LogP contribution in [0.3, 0.4) is 0 Å². The molecule has 86 valence electrons.